The van der Waals surface area contributed by atoms with Gasteiger partial charge in [-0.2, -0.15) is 0 Å². The summed E-state index contributed by atoms with van der Waals surface area (Å²) in [6, 6.07) is 10.9. The fourth-order valence-corrected chi connectivity index (χ4v) is 2.71. The first-order chi connectivity index (χ1) is 11.9. The van der Waals surface area contributed by atoms with Gasteiger partial charge in [-0.05, 0) is 24.6 Å². The molecule has 1 amide bonds. The van der Waals surface area contributed by atoms with E-state index in [0.717, 1.165) is 22.6 Å². The fraction of sp³-hybridized carbons (Fsp3) is 0.278. The first-order valence-electron chi connectivity index (χ1n) is 7.71. The number of aliphatic hydroxyl groups is 1. The van der Waals surface area contributed by atoms with Gasteiger partial charge in [0.05, 0.1) is 6.04 Å². The van der Waals surface area contributed by atoms with Crippen LogP contribution in [-0.4, -0.2) is 28.9 Å². The van der Waals surface area contributed by atoms with Crippen molar-refractivity contribution in [3.05, 3.63) is 71.3 Å². The number of ether oxygens (including phenoxy) is 2. The van der Waals surface area contributed by atoms with E-state index in [9.17, 15) is 18.7 Å². The molecule has 2 atom stereocenters. The molecule has 25 heavy (non-hydrogen) atoms. The molecule has 1 aliphatic rings. The standard InChI is InChI=1S/C18H17F2NO4/c1-12-18(23,15-8-7-14(19)9-16(15)20)25-11-21(12)17(22)24-10-13-5-3-2-4-6-13/h2-9,12,23H,10-11H2,1H3. The maximum atomic E-state index is 14.0. The highest BCUT2D eigenvalue weighted by Gasteiger charge is 2.50. The Balaban J connectivity index is 1.72. The Kier molecular flexibility index (Phi) is 4.69. The summed E-state index contributed by atoms with van der Waals surface area (Å²) in [5.74, 6) is -3.80. The van der Waals surface area contributed by atoms with Gasteiger partial charge < -0.3 is 14.6 Å². The van der Waals surface area contributed by atoms with Crippen molar-refractivity contribution in [3.63, 3.8) is 0 Å². The molecular formula is C18H17F2NO4. The van der Waals surface area contributed by atoms with E-state index >= 15 is 0 Å². The van der Waals surface area contributed by atoms with Crippen molar-refractivity contribution in [2.24, 2.45) is 0 Å². The Hall–Kier alpha value is -2.51. The third-order valence-electron chi connectivity index (χ3n) is 4.21. The maximum Gasteiger partial charge on any atom is 0.412 e. The smallest absolute Gasteiger partial charge is 0.412 e. The summed E-state index contributed by atoms with van der Waals surface area (Å²) in [4.78, 5) is 13.4. The lowest BCUT2D eigenvalue weighted by atomic mass is 9.98. The fourth-order valence-electron chi connectivity index (χ4n) is 2.71. The van der Waals surface area contributed by atoms with E-state index in [2.05, 4.69) is 0 Å². The average Bonchev–Trinajstić information content (AvgIpc) is 2.90. The number of benzene rings is 2. The molecule has 0 spiro atoms. The van der Waals surface area contributed by atoms with Gasteiger partial charge in [-0.3, -0.25) is 4.90 Å². The molecule has 2 aromatic rings. The molecule has 1 N–H and O–H groups in total. The second-order valence-electron chi connectivity index (χ2n) is 5.78. The number of carbonyl (C=O) groups excluding carboxylic acids is 1. The number of amides is 1. The molecule has 1 heterocycles. The van der Waals surface area contributed by atoms with Gasteiger partial charge in [-0.1, -0.05) is 30.3 Å². The molecule has 0 bridgehead atoms. The van der Waals surface area contributed by atoms with Crippen LogP contribution in [0.15, 0.2) is 48.5 Å². The highest BCUT2D eigenvalue weighted by Crippen LogP contribution is 2.37. The zero-order chi connectivity index (χ0) is 18.0. The average molecular weight is 349 g/mol. The topological polar surface area (TPSA) is 59.0 Å². The molecule has 2 aromatic carbocycles. The summed E-state index contributed by atoms with van der Waals surface area (Å²) in [6.45, 7) is 1.29. The Morgan fingerprint density at radius 3 is 2.72 bits per heavy atom. The normalized spacial score (nSPS) is 22.9. The van der Waals surface area contributed by atoms with Gasteiger partial charge >= 0.3 is 6.09 Å². The maximum absolute atomic E-state index is 14.0. The number of carbonyl (C=O) groups is 1. The third-order valence-corrected chi connectivity index (χ3v) is 4.21. The van der Waals surface area contributed by atoms with Crippen LogP contribution >= 0.6 is 0 Å². The Morgan fingerprint density at radius 1 is 1.32 bits per heavy atom. The van der Waals surface area contributed by atoms with Gasteiger partial charge in [0.2, 0.25) is 5.79 Å². The number of halogens is 2. The number of nitrogens with zero attached hydrogens (tertiary/aromatic N) is 1. The molecule has 132 valence electrons. The third kappa shape index (κ3) is 3.33. The summed E-state index contributed by atoms with van der Waals surface area (Å²) >= 11 is 0. The number of rotatable bonds is 3. The van der Waals surface area contributed by atoms with Gasteiger partial charge in [0, 0.05) is 11.6 Å². The van der Waals surface area contributed by atoms with Crippen LogP contribution in [0.5, 0.6) is 0 Å². The van der Waals surface area contributed by atoms with E-state index in [-0.39, 0.29) is 18.9 Å². The molecule has 0 radical (unpaired) electrons. The van der Waals surface area contributed by atoms with Crippen LogP contribution in [0.1, 0.15) is 18.1 Å². The summed E-state index contributed by atoms with van der Waals surface area (Å²) in [6.07, 6.45) is -0.699. The Bertz CT molecular complexity index is 771. The Labute approximate surface area is 143 Å². The minimum atomic E-state index is -2.08. The molecule has 3 rings (SSSR count). The van der Waals surface area contributed by atoms with Crippen LogP contribution in [0.25, 0.3) is 0 Å². The lowest BCUT2D eigenvalue weighted by Crippen LogP contribution is -2.44. The van der Waals surface area contributed by atoms with E-state index < -0.39 is 29.6 Å². The zero-order valence-electron chi connectivity index (χ0n) is 13.5. The molecule has 1 saturated heterocycles. The van der Waals surface area contributed by atoms with Crippen LogP contribution in [0, 0.1) is 11.6 Å². The predicted molar refractivity (Wildman–Crippen MR) is 84.1 cm³/mol. The van der Waals surface area contributed by atoms with Crippen molar-refractivity contribution < 1.29 is 28.2 Å². The van der Waals surface area contributed by atoms with E-state index in [0.29, 0.717) is 6.07 Å². The van der Waals surface area contributed by atoms with Crippen molar-refractivity contribution in [2.45, 2.75) is 25.4 Å². The predicted octanol–water partition coefficient (Wildman–Crippen LogP) is 3.12. The van der Waals surface area contributed by atoms with E-state index in [1.54, 1.807) is 12.1 Å². The molecule has 0 saturated carbocycles. The minimum absolute atomic E-state index is 0.0617. The first kappa shape index (κ1) is 17.3. The molecule has 0 aliphatic carbocycles. The van der Waals surface area contributed by atoms with Crippen LogP contribution in [0.2, 0.25) is 0 Å². The van der Waals surface area contributed by atoms with Crippen LogP contribution in [0.3, 0.4) is 0 Å². The summed E-state index contributed by atoms with van der Waals surface area (Å²) in [5, 5.41) is 10.7. The van der Waals surface area contributed by atoms with Gasteiger partial charge in [0.15, 0.2) is 0 Å². The molecule has 2 unspecified atom stereocenters. The summed E-state index contributed by atoms with van der Waals surface area (Å²) in [7, 11) is 0. The second-order valence-corrected chi connectivity index (χ2v) is 5.78. The molecule has 1 aliphatic heterocycles. The summed E-state index contributed by atoms with van der Waals surface area (Å²) in [5.41, 5.74) is 0.572. The van der Waals surface area contributed by atoms with Crippen molar-refractivity contribution >= 4 is 6.09 Å². The van der Waals surface area contributed by atoms with E-state index in [4.69, 9.17) is 9.47 Å². The SMILES string of the molecule is CC1N(C(=O)OCc2ccccc2)COC1(O)c1ccc(F)cc1F. The zero-order valence-corrected chi connectivity index (χ0v) is 13.5. The summed E-state index contributed by atoms with van der Waals surface area (Å²) < 4.78 is 37.5. The van der Waals surface area contributed by atoms with Gasteiger partial charge in [0.25, 0.3) is 0 Å². The lowest BCUT2D eigenvalue weighted by Gasteiger charge is -2.28. The molecule has 1 fully saturated rings. The van der Waals surface area contributed by atoms with Crippen LogP contribution < -0.4 is 0 Å². The molecule has 7 heteroatoms. The van der Waals surface area contributed by atoms with E-state index in [1.165, 1.54) is 6.92 Å². The van der Waals surface area contributed by atoms with Crippen molar-refractivity contribution in [3.8, 4) is 0 Å². The Morgan fingerprint density at radius 2 is 2.04 bits per heavy atom. The first-order valence-corrected chi connectivity index (χ1v) is 7.71. The number of hydrogen-bond donors (Lipinski definition) is 1. The van der Waals surface area contributed by atoms with Crippen molar-refractivity contribution in [1.82, 2.24) is 4.90 Å². The molecular weight excluding hydrogens is 332 g/mol. The molecule has 0 aromatic heterocycles. The minimum Gasteiger partial charge on any atom is -0.444 e. The second kappa shape index (κ2) is 6.78. The van der Waals surface area contributed by atoms with Crippen molar-refractivity contribution in [1.29, 1.82) is 0 Å². The highest BCUT2D eigenvalue weighted by atomic mass is 19.1. The monoisotopic (exact) mass is 349 g/mol. The lowest BCUT2D eigenvalue weighted by molar-refractivity contribution is -0.187. The van der Waals surface area contributed by atoms with Crippen LogP contribution in [0.4, 0.5) is 13.6 Å². The van der Waals surface area contributed by atoms with Crippen molar-refractivity contribution in [2.75, 3.05) is 6.73 Å². The van der Waals surface area contributed by atoms with E-state index in [1.807, 2.05) is 18.2 Å². The highest BCUT2D eigenvalue weighted by molar-refractivity contribution is 5.68. The van der Waals surface area contributed by atoms with Gasteiger partial charge in [-0.15, -0.1) is 0 Å². The van der Waals surface area contributed by atoms with Gasteiger partial charge in [-0.25, -0.2) is 13.6 Å². The van der Waals surface area contributed by atoms with Gasteiger partial charge in [0.1, 0.15) is 25.0 Å². The van der Waals surface area contributed by atoms with Crippen LogP contribution in [-0.2, 0) is 21.9 Å². The quantitative estimate of drug-likeness (QED) is 0.925. The number of hydrogen-bond acceptors (Lipinski definition) is 4. The molecule has 5 nitrogen and oxygen atoms in total. The largest absolute Gasteiger partial charge is 0.444 e.